The first-order chi connectivity index (χ1) is 16.6. The predicted molar refractivity (Wildman–Crippen MR) is 129 cm³/mol. The molecule has 2 aromatic heterocycles. The highest BCUT2D eigenvalue weighted by Gasteiger charge is 2.44. The van der Waals surface area contributed by atoms with E-state index >= 15 is 0 Å². The Morgan fingerprint density at radius 2 is 2.18 bits per heavy atom. The molecule has 5 heterocycles. The molecule has 0 N–H and O–H groups in total. The second kappa shape index (κ2) is 9.45. The van der Waals surface area contributed by atoms with Crippen molar-refractivity contribution in [1.82, 2.24) is 24.5 Å². The molecule has 0 saturated carbocycles. The Hall–Kier alpha value is -2.80. The number of methoxy groups -OCH3 is 1. The summed E-state index contributed by atoms with van der Waals surface area (Å²) in [6, 6.07) is 3.03. The van der Waals surface area contributed by atoms with Gasteiger partial charge in [-0.25, -0.2) is 4.68 Å². The highest BCUT2D eigenvalue weighted by atomic mass is 16.5. The lowest BCUT2D eigenvalue weighted by atomic mass is 9.95. The van der Waals surface area contributed by atoms with Crippen molar-refractivity contribution in [2.24, 2.45) is 10.9 Å². The van der Waals surface area contributed by atoms with Crippen LogP contribution in [0.2, 0.25) is 0 Å². The molecule has 3 unspecified atom stereocenters. The SMILES string of the molecule is COC1N=CC=CC1(C#N)n1nc(-c2cnn(CC3CCN(C(C)C)C3)c2)c2c1CCOCC2. The number of rotatable bonds is 6. The molecule has 180 valence electrons. The van der Waals surface area contributed by atoms with E-state index in [2.05, 4.69) is 41.1 Å². The highest BCUT2D eigenvalue weighted by Crippen LogP contribution is 2.35. The van der Waals surface area contributed by atoms with Gasteiger partial charge in [0.1, 0.15) is 6.07 Å². The molecule has 3 aliphatic heterocycles. The maximum absolute atomic E-state index is 10.3. The molecule has 9 heteroatoms. The first kappa shape index (κ1) is 23.0. The number of allylic oxidation sites excluding steroid dienone is 1. The molecule has 5 rings (SSSR count). The van der Waals surface area contributed by atoms with Crippen molar-refractivity contribution < 1.29 is 9.47 Å². The van der Waals surface area contributed by atoms with Gasteiger partial charge in [-0.3, -0.25) is 9.67 Å². The average Bonchev–Trinajstić information content (AvgIpc) is 3.55. The van der Waals surface area contributed by atoms with Crippen molar-refractivity contribution in [1.29, 1.82) is 5.26 Å². The van der Waals surface area contributed by atoms with Crippen LogP contribution in [0.5, 0.6) is 0 Å². The molecule has 1 saturated heterocycles. The predicted octanol–water partition coefficient (Wildman–Crippen LogP) is 2.42. The van der Waals surface area contributed by atoms with Crippen LogP contribution in [-0.4, -0.2) is 76.4 Å². The second-order valence-electron chi connectivity index (χ2n) is 9.67. The molecule has 3 aliphatic rings. The van der Waals surface area contributed by atoms with Crippen LogP contribution in [0.25, 0.3) is 11.3 Å². The number of ether oxygens (including phenoxy) is 2. The van der Waals surface area contributed by atoms with Gasteiger partial charge >= 0.3 is 0 Å². The summed E-state index contributed by atoms with van der Waals surface area (Å²) in [4.78, 5) is 6.95. The summed E-state index contributed by atoms with van der Waals surface area (Å²) < 4.78 is 15.3. The lowest BCUT2D eigenvalue weighted by molar-refractivity contribution is 0.0443. The summed E-state index contributed by atoms with van der Waals surface area (Å²) in [7, 11) is 1.58. The van der Waals surface area contributed by atoms with E-state index in [1.54, 1.807) is 19.4 Å². The van der Waals surface area contributed by atoms with Crippen LogP contribution in [-0.2, 0) is 34.4 Å². The van der Waals surface area contributed by atoms with E-state index in [4.69, 9.17) is 14.6 Å². The monoisotopic (exact) mass is 463 g/mol. The molecule has 1 fully saturated rings. The number of hydrogen-bond acceptors (Lipinski definition) is 7. The van der Waals surface area contributed by atoms with E-state index in [0.717, 1.165) is 48.6 Å². The number of dihydropyridines is 1. The lowest BCUT2D eigenvalue weighted by Gasteiger charge is -2.32. The van der Waals surface area contributed by atoms with Crippen molar-refractivity contribution in [2.75, 3.05) is 33.4 Å². The number of nitrogens with zero attached hydrogens (tertiary/aromatic N) is 7. The van der Waals surface area contributed by atoms with Gasteiger partial charge in [0.15, 0.2) is 6.23 Å². The van der Waals surface area contributed by atoms with Crippen molar-refractivity contribution in [3.05, 3.63) is 35.8 Å². The van der Waals surface area contributed by atoms with E-state index in [0.29, 0.717) is 31.6 Å². The quantitative estimate of drug-likeness (QED) is 0.653. The smallest absolute Gasteiger partial charge is 0.213 e. The second-order valence-corrected chi connectivity index (χ2v) is 9.67. The van der Waals surface area contributed by atoms with E-state index in [1.165, 1.54) is 6.42 Å². The van der Waals surface area contributed by atoms with Gasteiger partial charge in [-0.05, 0) is 51.3 Å². The topological polar surface area (TPSA) is 93.5 Å². The number of fused-ring (bicyclic) bond motifs is 1. The van der Waals surface area contributed by atoms with Crippen LogP contribution in [0.3, 0.4) is 0 Å². The van der Waals surface area contributed by atoms with Crippen molar-refractivity contribution in [3.8, 4) is 17.3 Å². The van der Waals surface area contributed by atoms with E-state index in [-0.39, 0.29) is 0 Å². The van der Waals surface area contributed by atoms with E-state index in [9.17, 15) is 5.26 Å². The minimum absolute atomic E-state index is 0.585. The highest BCUT2D eigenvalue weighted by molar-refractivity contribution is 5.73. The summed E-state index contributed by atoms with van der Waals surface area (Å²) in [6.07, 6.45) is 11.2. The third-order valence-electron chi connectivity index (χ3n) is 7.26. The summed E-state index contributed by atoms with van der Waals surface area (Å²) in [5, 5.41) is 20.0. The van der Waals surface area contributed by atoms with E-state index in [1.807, 2.05) is 21.6 Å². The Bertz CT molecular complexity index is 1120. The first-order valence-corrected chi connectivity index (χ1v) is 12.2. The molecule has 0 amide bonds. The maximum Gasteiger partial charge on any atom is 0.213 e. The van der Waals surface area contributed by atoms with Gasteiger partial charge in [0.05, 0.1) is 25.1 Å². The standard InChI is InChI=1S/C25H33N7O2/c1-18(2)30-10-5-19(14-30)15-31-16-20(13-28-31)23-21-6-11-34-12-7-22(21)32(29-23)25(17-26)8-4-9-27-24(25)33-3/h4,8-9,13,16,18-19,24H,5-7,10-12,14-15H2,1-3H3. The fourth-order valence-electron chi connectivity index (χ4n) is 5.39. The normalized spacial score (nSPS) is 27.1. The molecule has 34 heavy (non-hydrogen) atoms. The molecule has 3 atom stereocenters. The summed E-state index contributed by atoms with van der Waals surface area (Å²) in [5.74, 6) is 0.604. The summed E-state index contributed by atoms with van der Waals surface area (Å²) >= 11 is 0. The van der Waals surface area contributed by atoms with Crippen molar-refractivity contribution in [2.45, 2.75) is 57.5 Å². The Balaban J connectivity index is 1.49. The molecule has 2 aromatic rings. The molecule has 0 aromatic carbocycles. The fraction of sp³-hybridized carbons (Fsp3) is 0.600. The Morgan fingerprint density at radius 1 is 1.32 bits per heavy atom. The average molecular weight is 464 g/mol. The van der Waals surface area contributed by atoms with Gasteiger partial charge in [0.25, 0.3) is 0 Å². The minimum atomic E-state index is -1.14. The molecule has 0 aliphatic carbocycles. The number of likely N-dealkylation sites (tertiary alicyclic amines) is 1. The molecule has 9 nitrogen and oxygen atoms in total. The number of aromatic nitrogens is 4. The maximum atomic E-state index is 10.3. The van der Waals surface area contributed by atoms with Gasteiger partial charge < -0.3 is 14.4 Å². The Labute approximate surface area is 200 Å². The largest absolute Gasteiger partial charge is 0.381 e. The molecular formula is C25H33N7O2. The van der Waals surface area contributed by atoms with Crippen molar-refractivity contribution >= 4 is 6.21 Å². The minimum Gasteiger partial charge on any atom is -0.381 e. The Kier molecular flexibility index (Phi) is 6.38. The molecule has 0 radical (unpaired) electrons. The van der Waals surface area contributed by atoms with Gasteiger partial charge in [-0.1, -0.05) is 0 Å². The Morgan fingerprint density at radius 3 is 2.94 bits per heavy atom. The summed E-state index contributed by atoms with van der Waals surface area (Å²) in [5.41, 5.74) is 2.83. The third kappa shape index (κ3) is 4.00. The van der Waals surface area contributed by atoms with Crippen LogP contribution in [0.4, 0.5) is 0 Å². The van der Waals surface area contributed by atoms with Crippen LogP contribution >= 0.6 is 0 Å². The van der Waals surface area contributed by atoms with Gasteiger partial charge in [0.2, 0.25) is 5.54 Å². The number of nitriles is 1. The zero-order valence-corrected chi connectivity index (χ0v) is 20.2. The molecular weight excluding hydrogens is 430 g/mol. The zero-order valence-electron chi connectivity index (χ0n) is 20.2. The van der Waals surface area contributed by atoms with Gasteiger partial charge in [-0.15, -0.1) is 0 Å². The van der Waals surface area contributed by atoms with Crippen LogP contribution in [0.1, 0.15) is 31.5 Å². The zero-order chi connectivity index (χ0) is 23.7. The van der Waals surface area contributed by atoms with Crippen LogP contribution in [0.15, 0.2) is 29.5 Å². The van der Waals surface area contributed by atoms with E-state index < -0.39 is 11.8 Å². The van der Waals surface area contributed by atoms with Gasteiger partial charge in [-0.2, -0.15) is 15.5 Å². The fourth-order valence-corrected chi connectivity index (χ4v) is 5.39. The first-order valence-electron chi connectivity index (χ1n) is 12.2. The third-order valence-corrected chi connectivity index (χ3v) is 7.26. The summed E-state index contributed by atoms with van der Waals surface area (Å²) in [6.45, 7) is 8.92. The number of hydrogen-bond donors (Lipinski definition) is 0. The van der Waals surface area contributed by atoms with Crippen molar-refractivity contribution in [3.63, 3.8) is 0 Å². The van der Waals surface area contributed by atoms with Crippen LogP contribution < -0.4 is 0 Å². The molecule has 0 spiro atoms. The lowest BCUT2D eigenvalue weighted by Crippen LogP contribution is -2.45. The number of aliphatic imine (C=N–C) groups is 1. The molecule has 0 bridgehead atoms. The van der Waals surface area contributed by atoms with Gasteiger partial charge in [0, 0.05) is 61.9 Å². The van der Waals surface area contributed by atoms with Crippen LogP contribution in [0, 0.1) is 17.2 Å².